The van der Waals surface area contributed by atoms with Crippen molar-refractivity contribution in [1.29, 1.82) is 0 Å². The summed E-state index contributed by atoms with van der Waals surface area (Å²) in [6, 6.07) is 4.40. The number of nitrogens with two attached hydrogens (primary N) is 1. The van der Waals surface area contributed by atoms with Gasteiger partial charge in [-0.1, -0.05) is 19.9 Å². The van der Waals surface area contributed by atoms with Crippen LogP contribution in [0.5, 0.6) is 5.75 Å². The van der Waals surface area contributed by atoms with Crippen LogP contribution in [0.15, 0.2) is 12.1 Å². The molecule has 3 rings (SSSR count). The van der Waals surface area contributed by atoms with Crippen LogP contribution in [0.25, 0.3) is 0 Å². The van der Waals surface area contributed by atoms with Crippen LogP contribution in [-0.4, -0.2) is 12.5 Å². The molecule has 3 N–H and O–H groups in total. The molecule has 2 atom stereocenters. The lowest BCUT2D eigenvalue weighted by Crippen LogP contribution is -2.33. The number of fused-ring (bicyclic) bond motifs is 1. The molecule has 0 spiro atoms. The first-order chi connectivity index (χ1) is 10.6. The average Bonchev–Trinajstić information content (AvgIpc) is 3.38. The van der Waals surface area contributed by atoms with Gasteiger partial charge in [0.2, 0.25) is 5.91 Å². The van der Waals surface area contributed by atoms with Gasteiger partial charge >= 0.3 is 0 Å². The summed E-state index contributed by atoms with van der Waals surface area (Å²) >= 11 is 0. The number of hydrogen-bond donors (Lipinski definition) is 2. The molecule has 1 amide bonds. The molecule has 120 valence electrons. The van der Waals surface area contributed by atoms with Crippen molar-refractivity contribution in [3.05, 3.63) is 28.8 Å². The lowest BCUT2D eigenvalue weighted by Gasteiger charge is -2.30. The van der Waals surface area contributed by atoms with E-state index in [0.29, 0.717) is 6.61 Å². The first-order valence-corrected chi connectivity index (χ1v) is 8.49. The molecule has 1 aromatic carbocycles. The van der Waals surface area contributed by atoms with Crippen molar-refractivity contribution in [2.24, 2.45) is 11.7 Å². The van der Waals surface area contributed by atoms with Crippen molar-refractivity contribution < 1.29 is 9.53 Å². The SMILES string of the molecule is CCc1cc(C(N)CC)cc2c1OCCC2NC(=O)C1CC1. The summed E-state index contributed by atoms with van der Waals surface area (Å²) in [5, 5.41) is 3.21. The Morgan fingerprint density at radius 3 is 2.77 bits per heavy atom. The highest BCUT2D eigenvalue weighted by Gasteiger charge is 2.33. The van der Waals surface area contributed by atoms with Crippen molar-refractivity contribution in [2.45, 2.75) is 58.0 Å². The Morgan fingerprint density at radius 1 is 1.36 bits per heavy atom. The second kappa shape index (κ2) is 6.29. The molecule has 1 saturated carbocycles. The van der Waals surface area contributed by atoms with E-state index in [1.54, 1.807) is 0 Å². The van der Waals surface area contributed by atoms with Gasteiger partial charge in [-0.2, -0.15) is 0 Å². The van der Waals surface area contributed by atoms with Gasteiger partial charge in [0.1, 0.15) is 5.75 Å². The van der Waals surface area contributed by atoms with Crippen LogP contribution in [0.4, 0.5) is 0 Å². The predicted octanol–water partition coefficient (Wildman–Crippen LogP) is 3.01. The van der Waals surface area contributed by atoms with Crippen LogP contribution in [-0.2, 0) is 11.2 Å². The zero-order chi connectivity index (χ0) is 15.7. The van der Waals surface area contributed by atoms with Crippen LogP contribution < -0.4 is 15.8 Å². The van der Waals surface area contributed by atoms with Gasteiger partial charge in [-0.15, -0.1) is 0 Å². The van der Waals surface area contributed by atoms with Crippen LogP contribution >= 0.6 is 0 Å². The fourth-order valence-electron chi connectivity index (χ4n) is 3.11. The molecule has 1 heterocycles. The third-order valence-corrected chi connectivity index (χ3v) is 4.76. The largest absolute Gasteiger partial charge is 0.493 e. The lowest BCUT2D eigenvalue weighted by atomic mass is 9.91. The highest BCUT2D eigenvalue weighted by Crippen LogP contribution is 2.39. The van der Waals surface area contributed by atoms with E-state index in [2.05, 4.69) is 31.3 Å². The molecule has 2 unspecified atom stereocenters. The number of aryl methyl sites for hydroxylation is 1. The van der Waals surface area contributed by atoms with Gasteiger partial charge < -0.3 is 15.8 Å². The first kappa shape index (κ1) is 15.3. The number of amides is 1. The van der Waals surface area contributed by atoms with Gasteiger partial charge in [0, 0.05) is 23.9 Å². The van der Waals surface area contributed by atoms with Gasteiger partial charge in [0.15, 0.2) is 0 Å². The van der Waals surface area contributed by atoms with Crippen LogP contribution in [0.3, 0.4) is 0 Å². The van der Waals surface area contributed by atoms with Crippen LogP contribution in [0.2, 0.25) is 0 Å². The quantitative estimate of drug-likeness (QED) is 0.879. The molecule has 1 fully saturated rings. The molecule has 0 bridgehead atoms. The summed E-state index contributed by atoms with van der Waals surface area (Å²) < 4.78 is 5.91. The van der Waals surface area contributed by atoms with E-state index >= 15 is 0 Å². The van der Waals surface area contributed by atoms with E-state index in [1.807, 2.05) is 0 Å². The van der Waals surface area contributed by atoms with Crippen molar-refractivity contribution in [3.8, 4) is 5.75 Å². The summed E-state index contributed by atoms with van der Waals surface area (Å²) in [7, 11) is 0. The smallest absolute Gasteiger partial charge is 0.223 e. The van der Waals surface area contributed by atoms with Crippen molar-refractivity contribution in [2.75, 3.05) is 6.61 Å². The number of benzene rings is 1. The molecule has 0 aromatic heterocycles. The third-order valence-electron chi connectivity index (χ3n) is 4.76. The van der Waals surface area contributed by atoms with E-state index in [0.717, 1.165) is 49.0 Å². The molecule has 0 saturated heterocycles. The minimum atomic E-state index is 0.0392. The van der Waals surface area contributed by atoms with Gasteiger partial charge in [0.25, 0.3) is 0 Å². The predicted molar refractivity (Wildman–Crippen MR) is 86.8 cm³/mol. The Balaban J connectivity index is 1.93. The maximum atomic E-state index is 12.1. The highest BCUT2D eigenvalue weighted by atomic mass is 16.5. The Bertz CT molecular complexity index is 566. The van der Waals surface area contributed by atoms with Crippen LogP contribution in [0.1, 0.15) is 68.3 Å². The summed E-state index contributed by atoms with van der Waals surface area (Å²) in [5.74, 6) is 1.39. The first-order valence-electron chi connectivity index (χ1n) is 8.49. The maximum Gasteiger partial charge on any atom is 0.223 e. The van der Waals surface area contributed by atoms with Gasteiger partial charge in [-0.05, 0) is 42.9 Å². The monoisotopic (exact) mass is 302 g/mol. The van der Waals surface area contributed by atoms with Gasteiger partial charge in [-0.3, -0.25) is 4.79 Å². The molecule has 1 aliphatic carbocycles. The Labute approximate surface area is 132 Å². The van der Waals surface area contributed by atoms with E-state index in [9.17, 15) is 4.79 Å². The zero-order valence-corrected chi connectivity index (χ0v) is 13.5. The maximum absolute atomic E-state index is 12.1. The van der Waals surface area contributed by atoms with Crippen LogP contribution in [0, 0.1) is 5.92 Å². The molecule has 2 aliphatic rings. The second-order valence-corrected chi connectivity index (χ2v) is 6.44. The number of carbonyl (C=O) groups excluding carboxylic acids is 1. The summed E-state index contributed by atoms with van der Waals surface area (Å²) in [5.41, 5.74) is 9.68. The Morgan fingerprint density at radius 2 is 2.14 bits per heavy atom. The highest BCUT2D eigenvalue weighted by molar-refractivity contribution is 5.81. The van der Waals surface area contributed by atoms with Gasteiger partial charge in [-0.25, -0.2) is 0 Å². The van der Waals surface area contributed by atoms with Crippen molar-refractivity contribution in [1.82, 2.24) is 5.32 Å². The number of rotatable bonds is 5. The third kappa shape index (κ3) is 2.98. The number of hydrogen-bond acceptors (Lipinski definition) is 3. The van der Waals surface area contributed by atoms with E-state index in [1.165, 1.54) is 5.56 Å². The fourth-order valence-corrected chi connectivity index (χ4v) is 3.11. The summed E-state index contributed by atoms with van der Waals surface area (Å²) in [6.45, 7) is 4.89. The molecule has 1 aromatic rings. The minimum absolute atomic E-state index is 0.0392. The lowest BCUT2D eigenvalue weighted by molar-refractivity contribution is -0.123. The summed E-state index contributed by atoms with van der Waals surface area (Å²) in [4.78, 5) is 12.1. The molecule has 4 nitrogen and oxygen atoms in total. The molecular weight excluding hydrogens is 276 g/mol. The zero-order valence-electron chi connectivity index (χ0n) is 13.5. The molecule has 4 heteroatoms. The Hall–Kier alpha value is -1.55. The fraction of sp³-hybridized carbons (Fsp3) is 0.611. The average molecular weight is 302 g/mol. The normalized spacial score (nSPS) is 21.7. The molecule has 22 heavy (non-hydrogen) atoms. The number of ether oxygens (including phenoxy) is 1. The minimum Gasteiger partial charge on any atom is -0.493 e. The standard InChI is InChI=1S/C18H26N2O2/c1-3-11-9-13(15(19)4-2)10-14-16(7-8-22-17(11)14)20-18(21)12-5-6-12/h9-10,12,15-16H,3-8,19H2,1-2H3,(H,20,21). The summed E-state index contributed by atoms with van der Waals surface area (Å²) in [6.07, 6.45) is 4.71. The van der Waals surface area contributed by atoms with Gasteiger partial charge in [0.05, 0.1) is 12.6 Å². The molecule has 0 radical (unpaired) electrons. The number of carbonyl (C=O) groups is 1. The topological polar surface area (TPSA) is 64.3 Å². The molecule has 1 aliphatic heterocycles. The van der Waals surface area contributed by atoms with E-state index in [-0.39, 0.29) is 23.9 Å². The van der Waals surface area contributed by atoms with Crippen molar-refractivity contribution in [3.63, 3.8) is 0 Å². The number of nitrogens with one attached hydrogen (secondary N) is 1. The van der Waals surface area contributed by atoms with Crippen molar-refractivity contribution >= 4 is 5.91 Å². The van der Waals surface area contributed by atoms with E-state index < -0.39 is 0 Å². The Kier molecular flexibility index (Phi) is 4.39. The van der Waals surface area contributed by atoms with E-state index in [4.69, 9.17) is 10.5 Å². The molecular formula is C18H26N2O2. The second-order valence-electron chi connectivity index (χ2n) is 6.44.